The van der Waals surface area contributed by atoms with Gasteiger partial charge in [-0.25, -0.2) is 14.8 Å². The Kier molecular flexibility index (Phi) is 3.16. The molecular formula is C7H7BrN2O2. The minimum atomic E-state index is -0.445. The number of rotatable bonds is 2. The van der Waals surface area contributed by atoms with Crippen LogP contribution in [-0.4, -0.2) is 23.0 Å². The van der Waals surface area contributed by atoms with Gasteiger partial charge in [0.05, 0.1) is 12.4 Å². The Labute approximate surface area is 78.1 Å². The Morgan fingerprint density at radius 3 is 3.08 bits per heavy atom. The van der Waals surface area contributed by atoms with E-state index in [0.29, 0.717) is 11.2 Å². The third-order valence-electron chi connectivity index (χ3n) is 1.22. The summed E-state index contributed by atoms with van der Waals surface area (Å²) in [6, 6.07) is 1.51. The molecule has 0 aliphatic heterocycles. The van der Waals surface area contributed by atoms with Crippen LogP contribution in [0.15, 0.2) is 12.3 Å². The topological polar surface area (TPSA) is 52.1 Å². The summed E-state index contributed by atoms with van der Waals surface area (Å²) in [6.07, 6.45) is 1.52. The van der Waals surface area contributed by atoms with Gasteiger partial charge in [-0.15, -0.1) is 0 Å². The molecule has 1 heterocycles. The summed E-state index contributed by atoms with van der Waals surface area (Å²) in [5.74, 6) is 0.123. The normalized spacial score (nSPS) is 9.50. The van der Waals surface area contributed by atoms with E-state index in [1.165, 1.54) is 19.4 Å². The number of carbonyl (C=O) groups is 1. The molecule has 1 rings (SSSR count). The lowest BCUT2D eigenvalue weighted by Gasteiger charge is -1.98. The Balaban J connectivity index is 2.93. The van der Waals surface area contributed by atoms with E-state index in [0.717, 1.165) is 0 Å². The van der Waals surface area contributed by atoms with Crippen LogP contribution in [0.3, 0.4) is 0 Å². The number of aromatic nitrogens is 2. The molecule has 0 fully saturated rings. The number of alkyl halides is 1. The Morgan fingerprint density at radius 2 is 2.50 bits per heavy atom. The first kappa shape index (κ1) is 9.12. The van der Waals surface area contributed by atoms with Crippen LogP contribution in [-0.2, 0) is 10.1 Å². The highest BCUT2D eigenvalue weighted by Gasteiger charge is 2.06. The molecular weight excluding hydrogens is 224 g/mol. The summed E-state index contributed by atoms with van der Waals surface area (Å²) in [5, 5.41) is 0.526. The third kappa shape index (κ3) is 2.01. The molecule has 0 aliphatic carbocycles. The van der Waals surface area contributed by atoms with Crippen LogP contribution in [0.4, 0.5) is 0 Å². The van der Waals surface area contributed by atoms with Gasteiger partial charge in [0, 0.05) is 6.20 Å². The quantitative estimate of drug-likeness (QED) is 0.566. The van der Waals surface area contributed by atoms with Gasteiger partial charge in [0.2, 0.25) is 0 Å². The van der Waals surface area contributed by atoms with Crippen LogP contribution in [0, 0.1) is 0 Å². The minimum absolute atomic E-state index is 0.280. The van der Waals surface area contributed by atoms with Crippen molar-refractivity contribution in [3.05, 3.63) is 23.8 Å². The fourth-order valence-corrected chi connectivity index (χ4v) is 0.952. The van der Waals surface area contributed by atoms with Crippen LogP contribution in [0.1, 0.15) is 16.3 Å². The van der Waals surface area contributed by atoms with Crippen molar-refractivity contribution < 1.29 is 9.53 Å². The van der Waals surface area contributed by atoms with E-state index in [9.17, 15) is 4.79 Å². The van der Waals surface area contributed by atoms with Crippen molar-refractivity contribution in [1.82, 2.24) is 9.97 Å². The van der Waals surface area contributed by atoms with Gasteiger partial charge in [0.25, 0.3) is 0 Å². The maximum absolute atomic E-state index is 11.0. The fraction of sp³-hybridized carbons (Fsp3) is 0.286. The van der Waals surface area contributed by atoms with Gasteiger partial charge in [-0.3, -0.25) is 0 Å². The van der Waals surface area contributed by atoms with Gasteiger partial charge in [-0.1, -0.05) is 15.9 Å². The zero-order chi connectivity index (χ0) is 8.97. The minimum Gasteiger partial charge on any atom is -0.464 e. The van der Waals surface area contributed by atoms with E-state index in [1.807, 2.05) is 0 Å². The second-order valence-electron chi connectivity index (χ2n) is 1.98. The molecule has 0 bridgehead atoms. The number of hydrogen-bond donors (Lipinski definition) is 0. The standard InChI is InChI=1S/C7H7BrN2O2/c1-12-7(11)5-2-3-9-6(4-8)10-5/h2-3H,4H2,1H3. The molecule has 4 nitrogen and oxygen atoms in total. The molecule has 0 amide bonds. The van der Waals surface area contributed by atoms with Gasteiger partial charge in [-0.05, 0) is 6.07 Å². The van der Waals surface area contributed by atoms with E-state index in [1.54, 1.807) is 0 Å². The van der Waals surface area contributed by atoms with Crippen LogP contribution in [0.5, 0.6) is 0 Å². The largest absolute Gasteiger partial charge is 0.464 e. The van der Waals surface area contributed by atoms with Gasteiger partial charge in [0.1, 0.15) is 5.82 Å². The predicted octanol–water partition coefficient (Wildman–Crippen LogP) is 1.16. The number of methoxy groups -OCH3 is 1. The summed E-state index contributed by atoms with van der Waals surface area (Å²) in [4.78, 5) is 18.8. The van der Waals surface area contributed by atoms with Crippen molar-refractivity contribution in [2.45, 2.75) is 5.33 Å². The first-order valence-corrected chi connectivity index (χ1v) is 4.36. The number of esters is 1. The van der Waals surface area contributed by atoms with Crippen molar-refractivity contribution in [1.29, 1.82) is 0 Å². The number of ether oxygens (including phenoxy) is 1. The molecule has 1 aromatic heterocycles. The number of halogens is 1. The molecule has 0 N–H and O–H groups in total. The van der Waals surface area contributed by atoms with Crippen molar-refractivity contribution >= 4 is 21.9 Å². The number of carbonyl (C=O) groups excluding carboxylic acids is 1. The van der Waals surface area contributed by atoms with Gasteiger partial charge in [0.15, 0.2) is 5.69 Å². The van der Waals surface area contributed by atoms with Gasteiger partial charge < -0.3 is 4.74 Å². The average molecular weight is 231 g/mol. The first-order chi connectivity index (χ1) is 5.77. The Hall–Kier alpha value is -0.970. The second kappa shape index (κ2) is 4.15. The van der Waals surface area contributed by atoms with Gasteiger partial charge >= 0.3 is 5.97 Å². The molecule has 0 unspecified atom stereocenters. The van der Waals surface area contributed by atoms with Crippen molar-refractivity contribution in [3.8, 4) is 0 Å². The predicted molar refractivity (Wildman–Crippen MR) is 46.0 cm³/mol. The summed E-state index contributed by atoms with van der Waals surface area (Å²) >= 11 is 3.19. The van der Waals surface area contributed by atoms with Crippen molar-refractivity contribution in [2.24, 2.45) is 0 Å². The molecule has 0 radical (unpaired) electrons. The smallest absolute Gasteiger partial charge is 0.356 e. The molecule has 0 saturated heterocycles. The molecule has 12 heavy (non-hydrogen) atoms. The van der Waals surface area contributed by atoms with Crippen LogP contribution >= 0.6 is 15.9 Å². The zero-order valence-electron chi connectivity index (χ0n) is 6.45. The maximum Gasteiger partial charge on any atom is 0.356 e. The first-order valence-electron chi connectivity index (χ1n) is 3.24. The maximum atomic E-state index is 11.0. The van der Waals surface area contributed by atoms with Crippen molar-refractivity contribution in [3.63, 3.8) is 0 Å². The Bertz CT molecular complexity index is 290. The zero-order valence-corrected chi connectivity index (χ0v) is 8.04. The van der Waals surface area contributed by atoms with Gasteiger partial charge in [-0.2, -0.15) is 0 Å². The van der Waals surface area contributed by atoms with E-state index >= 15 is 0 Å². The highest BCUT2D eigenvalue weighted by molar-refractivity contribution is 9.08. The van der Waals surface area contributed by atoms with E-state index in [4.69, 9.17) is 0 Å². The molecule has 64 valence electrons. The summed E-state index contributed by atoms with van der Waals surface area (Å²) < 4.78 is 4.49. The molecule has 0 aliphatic rings. The van der Waals surface area contributed by atoms with Crippen LogP contribution in [0.25, 0.3) is 0 Å². The van der Waals surface area contributed by atoms with E-state index in [-0.39, 0.29) is 5.69 Å². The molecule has 5 heteroatoms. The average Bonchev–Trinajstić information content (AvgIpc) is 2.17. The molecule has 0 aromatic carbocycles. The summed E-state index contributed by atoms with van der Waals surface area (Å²) in [7, 11) is 1.32. The molecule has 0 saturated carbocycles. The van der Waals surface area contributed by atoms with Crippen LogP contribution < -0.4 is 0 Å². The van der Waals surface area contributed by atoms with Crippen LogP contribution in [0.2, 0.25) is 0 Å². The lowest BCUT2D eigenvalue weighted by Crippen LogP contribution is -2.06. The second-order valence-corrected chi connectivity index (χ2v) is 2.54. The molecule has 0 atom stereocenters. The molecule has 0 spiro atoms. The summed E-state index contributed by atoms with van der Waals surface area (Å²) in [6.45, 7) is 0. The summed E-state index contributed by atoms with van der Waals surface area (Å²) in [5.41, 5.74) is 0.280. The Morgan fingerprint density at radius 1 is 1.75 bits per heavy atom. The highest BCUT2D eigenvalue weighted by atomic mass is 79.9. The fourth-order valence-electron chi connectivity index (χ4n) is 0.682. The van der Waals surface area contributed by atoms with E-state index in [2.05, 4.69) is 30.6 Å². The monoisotopic (exact) mass is 230 g/mol. The van der Waals surface area contributed by atoms with Crippen molar-refractivity contribution in [2.75, 3.05) is 7.11 Å². The highest BCUT2D eigenvalue weighted by Crippen LogP contribution is 2.00. The number of hydrogen-bond acceptors (Lipinski definition) is 4. The lowest BCUT2D eigenvalue weighted by atomic mass is 10.4. The molecule has 1 aromatic rings. The third-order valence-corrected chi connectivity index (χ3v) is 1.72. The van der Waals surface area contributed by atoms with E-state index < -0.39 is 5.97 Å². The lowest BCUT2D eigenvalue weighted by molar-refractivity contribution is 0.0593. The SMILES string of the molecule is COC(=O)c1ccnc(CBr)n1. The number of nitrogens with zero attached hydrogens (tertiary/aromatic N) is 2.